The minimum absolute atomic E-state index is 0.697. The second kappa shape index (κ2) is 3.52. The lowest BCUT2D eigenvalue weighted by Crippen LogP contribution is -2.33. The highest BCUT2D eigenvalue weighted by atomic mass is 32.2. The number of hydrogen-bond acceptors (Lipinski definition) is 3. The SMILES string of the molecule is O=C(O)C1(c2cc3n(n2)CCS3)CCCC1. The zero-order valence-corrected chi connectivity index (χ0v) is 9.79. The van der Waals surface area contributed by atoms with Gasteiger partial charge in [0.25, 0.3) is 0 Å². The third-order valence-corrected chi connectivity index (χ3v) is 4.66. The molecule has 1 aliphatic carbocycles. The highest BCUT2D eigenvalue weighted by Crippen LogP contribution is 2.42. The Labute approximate surface area is 98.0 Å². The molecule has 0 atom stereocenters. The maximum atomic E-state index is 11.5. The lowest BCUT2D eigenvalue weighted by molar-refractivity contribution is -0.143. The molecule has 1 saturated carbocycles. The molecule has 2 aliphatic rings. The largest absolute Gasteiger partial charge is 0.481 e. The van der Waals surface area contributed by atoms with Gasteiger partial charge in [0.1, 0.15) is 5.41 Å². The molecule has 1 aromatic heterocycles. The number of carboxylic acid groups (broad SMARTS) is 1. The molecule has 16 heavy (non-hydrogen) atoms. The lowest BCUT2D eigenvalue weighted by atomic mass is 9.83. The van der Waals surface area contributed by atoms with E-state index < -0.39 is 11.4 Å². The van der Waals surface area contributed by atoms with Crippen LogP contribution in [0.4, 0.5) is 0 Å². The predicted molar refractivity (Wildman–Crippen MR) is 60.7 cm³/mol. The normalized spacial score (nSPS) is 22.2. The molecule has 0 saturated heterocycles. The Kier molecular flexibility index (Phi) is 2.24. The van der Waals surface area contributed by atoms with Gasteiger partial charge in [-0.2, -0.15) is 5.10 Å². The first-order valence-electron chi connectivity index (χ1n) is 5.67. The molecule has 5 heteroatoms. The van der Waals surface area contributed by atoms with E-state index in [0.717, 1.165) is 48.7 Å². The van der Waals surface area contributed by atoms with E-state index in [1.54, 1.807) is 11.8 Å². The van der Waals surface area contributed by atoms with Crippen LogP contribution in [0.5, 0.6) is 0 Å². The van der Waals surface area contributed by atoms with E-state index in [1.807, 2.05) is 10.7 Å². The van der Waals surface area contributed by atoms with Crippen molar-refractivity contribution in [2.45, 2.75) is 42.7 Å². The molecule has 0 radical (unpaired) electrons. The van der Waals surface area contributed by atoms with Crippen LogP contribution >= 0.6 is 11.8 Å². The van der Waals surface area contributed by atoms with Gasteiger partial charge in [-0.3, -0.25) is 9.48 Å². The summed E-state index contributed by atoms with van der Waals surface area (Å²) in [6, 6.07) is 1.98. The molecule has 0 spiro atoms. The lowest BCUT2D eigenvalue weighted by Gasteiger charge is -2.20. The van der Waals surface area contributed by atoms with E-state index in [4.69, 9.17) is 0 Å². The number of rotatable bonds is 2. The topological polar surface area (TPSA) is 55.1 Å². The van der Waals surface area contributed by atoms with Gasteiger partial charge in [-0.15, -0.1) is 11.8 Å². The third-order valence-electron chi connectivity index (χ3n) is 3.65. The van der Waals surface area contributed by atoms with Gasteiger partial charge in [0.05, 0.1) is 17.3 Å². The van der Waals surface area contributed by atoms with Crippen molar-refractivity contribution in [3.8, 4) is 0 Å². The summed E-state index contributed by atoms with van der Waals surface area (Å²) in [6.45, 7) is 0.912. The van der Waals surface area contributed by atoms with Crippen LogP contribution in [0.3, 0.4) is 0 Å². The fourth-order valence-electron chi connectivity index (χ4n) is 2.70. The maximum absolute atomic E-state index is 11.5. The number of carboxylic acids is 1. The summed E-state index contributed by atoms with van der Waals surface area (Å²) in [5, 5.41) is 15.1. The molecule has 86 valence electrons. The van der Waals surface area contributed by atoms with E-state index in [9.17, 15) is 9.90 Å². The summed E-state index contributed by atoms with van der Waals surface area (Å²) in [4.78, 5) is 11.5. The summed E-state index contributed by atoms with van der Waals surface area (Å²) < 4.78 is 1.95. The molecule has 2 heterocycles. The standard InChI is InChI=1S/C11H14N2O2S/c14-10(15)11(3-1-2-4-11)8-7-9-13(12-8)5-6-16-9/h7H,1-6H2,(H,14,15). The number of carbonyl (C=O) groups is 1. The van der Waals surface area contributed by atoms with Crippen molar-refractivity contribution >= 4 is 17.7 Å². The van der Waals surface area contributed by atoms with Crippen LogP contribution in [-0.4, -0.2) is 26.6 Å². The number of aliphatic carboxylic acids is 1. The summed E-state index contributed by atoms with van der Waals surface area (Å²) in [6.07, 6.45) is 3.48. The van der Waals surface area contributed by atoms with Gasteiger partial charge in [0.15, 0.2) is 0 Å². The van der Waals surface area contributed by atoms with Gasteiger partial charge in [-0.1, -0.05) is 12.8 Å². The highest BCUT2D eigenvalue weighted by molar-refractivity contribution is 7.99. The molecule has 0 amide bonds. The smallest absolute Gasteiger partial charge is 0.315 e. The second-order valence-corrected chi connectivity index (χ2v) is 5.65. The summed E-state index contributed by atoms with van der Waals surface area (Å²) in [5.74, 6) is 0.356. The van der Waals surface area contributed by atoms with Crippen molar-refractivity contribution in [2.75, 3.05) is 5.75 Å². The minimum atomic E-state index is -0.702. The van der Waals surface area contributed by atoms with Gasteiger partial charge < -0.3 is 5.11 Å². The van der Waals surface area contributed by atoms with Crippen LogP contribution in [0, 0.1) is 0 Å². The van der Waals surface area contributed by atoms with Gasteiger partial charge in [-0.05, 0) is 18.9 Å². The molecule has 1 aliphatic heterocycles. The van der Waals surface area contributed by atoms with Crippen LogP contribution < -0.4 is 0 Å². The van der Waals surface area contributed by atoms with Crippen molar-refractivity contribution in [1.29, 1.82) is 0 Å². The summed E-state index contributed by atoms with van der Waals surface area (Å²) in [7, 11) is 0. The van der Waals surface area contributed by atoms with E-state index in [2.05, 4.69) is 5.10 Å². The van der Waals surface area contributed by atoms with Crippen LogP contribution in [-0.2, 0) is 16.8 Å². The van der Waals surface area contributed by atoms with Crippen molar-refractivity contribution in [3.05, 3.63) is 11.8 Å². The minimum Gasteiger partial charge on any atom is -0.481 e. The van der Waals surface area contributed by atoms with E-state index in [1.165, 1.54) is 0 Å². The molecule has 0 unspecified atom stereocenters. The van der Waals surface area contributed by atoms with Crippen LogP contribution in [0.25, 0.3) is 0 Å². The molecule has 0 bridgehead atoms. The van der Waals surface area contributed by atoms with Crippen LogP contribution in [0.15, 0.2) is 11.1 Å². The number of aryl methyl sites for hydroxylation is 1. The average molecular weight is 238 g/mol. The average Bonchev–Trinajstić information content (AvgIpc) is 2.92. The van der Waals surface area contributed by atoms with Crippen molar-refractivity contribution < 1.29 is 9.90 Å². The molecule has 1 fully saturated rings. The van der Waals surface area contributed by atoms with Crippen molar-refractivity contribution in [1.82, 2.24) is 9.78 Å². The molecule has 3 rings (SSSR count). The Bertz CT molecular complexity index is 414. The summed E-state index contributed by atoms with van der Waals surface area (Å²) in [5.41, 5.74) is 0.0810. The van der Waals surface area contributed by atoms with Gasteiger partial charge in [-0.25, -0.2) is 0 Å². The number of hydrogen-bond donors (Lipinski definition) is 1. The molecular formula is C11H14N2O2S. The Hall–Kier alpha value is -0.970. The predicted octanol–water partition coefficient (Wildman–Crippen LogP) is 1.89. The first-order valence-corrected chi connectivity index (χ1v) is 6.65. The Morgan fingerprint density at radius 3 is 2.88 bits per heavy atom. The van der Waals surface area contributed by atoms with Gasteiger partial charge in [0, 0.05) is 5.75 Å². The van der Waals surface area contributed by atoms with Gasteiger partial charge >= 0.3 is 5.97 Å². The maximum Gasteiger partial charge on any atom is 0.315 e. The molecule has 4 nitrogen and oxygen atoms in total. The summed E-state index contributed by atoms with van der Waals surface area (Å²) >= 11 is 1.77. The number of thioether (sulfide) groups is 1. The number of nitrogens with zero attached hydrogens (tertiary/aromatic N) is 2. The monoisotopic (exact) mass is 238 g/mol. The first-order chi connectivity index (χ1) is 7.72. The molecule has 1 aromatic rings. The zero-order chi connectivity index (χ0) is 11.2. The van der Waals surface area contributed by atoms with E-state index in [-0.39, 0.29) is 0 Å². The van der Waals surface area contributed by atoms with Crippen molar-refractivity contribution in [2.24, 2.45) is 0 Å². The fraction of sp³-hybridized carbons (Fsp3) is 0.636. The van der Waals surface area contributed by atoms with Crippen LogP contribution in [0.1, 0.15) is 31.4 Å². The van der Waals surface area contributed by atoms with Crippen molar-refractivity contribution in [3.63, 3.8) is 0 Å². The molecule has 1 N–H and O–H groups in total. The van der Waals surface area contributed by atoms with Crippen LogP contribution in [0.2, 0.25) is 0 Å². The Morgan fingerprint density at radius 2 is 2.25 bits per heavy atom. The van der Waals surface area contributed by atoms with E-state index in [0.29, 0.717) is 0 Å². The fourth-order valence-corrected chi connectivity index (χ4v) is 3.65. The van der Waals surface area contributed by atoms with Gasteiger partial charge in [0.2, 0.25) is 0 Å². The number of aromatic nitrogens is 2. The zero-order valence-electron chi connectivity index (χ0n) is 8.98. The second-order valence-electron chi connectivity index (χ2n) is 4.53. The Balaban J connectivity index is 2.03. The number of fused-ring (bicyclic) bond motifs is 1. The molecular weight excluding hydrogens is 224 g/mol. The molecule has 0 aromatic carbocycles. The quantitative estimate of drug-likeness (QED) is 0.854. The highest BCUT2D eigenvalue weighted by Gasteiger charge is 2.45. The Morgan fingerprint density at radius 1 is 1.50 bits per heavy atom. The first kappa shape index (κ1) is 10.2. The third kappa shape index (κ3) is 1.30. The van der Waals surface area contributed by atoms with E-state index >= 15 is 0 Å².